The van der Waals surface area contributed by atoms with Gasteiger partial charge in [0.05, 0.1) is 6.54 Å². The second kappa shape index (κ2) is 8.84. The summed E-state index contributed by atoms with van der Waals surface area (Å²) in [6.07, 6.45) is 6.67. The average Bonchev–Trinajstić information content (AvgIpc) is 2.63. The molecule has 1 saturated carbocycles. The molecule has 1 aromatic heterocycles. The summed E-state index contributed by atoms with van der Waals surface area (Å²) in [6, 6.07) is 15.1. The molecule has 4 nitrogen and oxygen atoms in total. The third-order valence-corrected chi connectivity index (χ3v) is 5.26. The van der Waals surface area contributed by atoms with Crippen molar-refractivity contribution in [2.75, 3.05) is 19.6 Å². The van der Waals surface area contributed by atoms with E-state index >= 15 is 0 Å². The maximum Gasteiger partial charge on any atom is 0.191 e. The number of aromatic nitrogens is 1. The molecular formula is C22H30N4. The number of nitrogens with one attached hydrogen (secondary N) is 2. The van der Waals surface area contributed by atoms with Crippen LogP contribution >= 0.6 is 0 Å². The van der Waals surface area contributed by atoms with E-state index in [0.29, 0.717) is 0 Å². The Balaban J connectivity index is 1.59. The third-order valence-electron chi connectivity index (χ3n) is 5.26. The van der Waals surface area contributed by atoms with Gasteiger partial charge in [0.25, 0.3) is 0 Å². The van der Waals surface area contributed by atoms with Gasteiger partial charge in [0, 0.05) is 30.4 Å². The molecule has 1 heterocycles. The molecule has 1 aromatic carbocycles. The molecule has 0 saturated heterocycles. The monoisotopic (exact) mass is 350 g/mol. The van der Waals surface area contributed by atoms with Crippen molar-refractivity contribution in [1.29, 1.82) is 0 Å². The van der Waals surface area contributed by atoms with Gasteiger partial charge in [-0.05, 0) is 50.3 Å². The van der Waals surface area contributed by atoms with E-state index in [1.165, 1.54) is 30.4 Å². The fourth-order valence-electron chi connectivity index (χ4n) is 3.48. The summed E-state index contributed by atoms with van der Waals surface area (Å²) >= 11 is 0. The van der Waals surface area contributed by atoms with Crippen LogP contribution in [-0.2, 0) is 11.8 Å². The van der Waals surface area contributed by atoms with Gasteiger partial charge >= 0.3 is 0 Å². The maximum atomic E-state index is 4.91. The molecule has 1 aliphatic carbocycles. The Hall–Kier alpha value is -2.36. The van der Waals surface area contributed by atoms with E-state index in [2.05, 4.69) is 65.0 Å². The minimum atomic E-state index is 0.227. The first kappa shape index (κ1) is 18.4. The van der Waals surface area contributed by atoms with Crippen LogP contribution in [0.25, 0.3) is 0 Å². The summed E-state index contributed by atoms with van der Waals surface area (Å²) in [7, 11) is 0. The minimum absolute atomic E-state index is 0.227. The largest absolute Gasteiger partial charge is 0.357 e. The Morgan fingerprint density at radius 1 is 1.12 bits per heavy atom. The van der Waals surface area contributed by atoms with Crippen LogP contribution in [0, 0.1) is 6.92 Å². The molecule has 0 bridgehead atoms. The van der Waals surface area contributed by atoms with E-state index in [4.69, 9.17) is 4.99 Å². The molecule has 3 rings (SSSR count). The molecule has 138 valence electrons. The first-order valence-corrected chi connectivity index (χ1v) is 9.71. The number of nitrogens with zero attached hydrogens (tertiary/aromatic N) is 2. The van der Waals surface area contributed by atoms with E-state index in [1.54, 1.807) is 0 Å². The summed E-state index contributed by atoms with van der Waals surface area (Å²) in [5.74, 6) is 0.912. The Morgan fingerprint density at radius 2 is 1.92 bits per heavy atom. The fraction of sp³-hybridized carbons (Fsp3) is 0.455. The lowest BCUT2D eigenvalue weighted by Gasteiger charge is -2.41. The molecule has 0 atom stereocenters. The predicted octanol–water partition coefficient (Wildman–Crippen LogP) is 3.61. The number of aryl methyl sites for hydroxylation is 1. The molecule has 0 unspecified atom stereocenters. The maximum absolute atomic E-state index is 4.91. The summed E-state index contributed by atoms with van der Waals surface area (Å²) in [6.45, 7) is 6.70. The topological polar surface area (TPSA) is 49.3 Å². The second-order valence-electron chi connectivity index (χ2n) is 7.18. The molecule has 2 aromatic rings. The lowest BCUT2D eigenvalue weighted by molar-refractivity contribution is 0.253. The van der Waals surface area contributed by atoms with Crippen LogP contribution in [0.2, 0.25) is 0 Å². The van der Waals surface area contributed by atoms with Crippen LogP contribution in [-0.4, -0.2) is 30.6 Å². The summed E-state index contributed by atoms with van der Waals surface area (Å²) < 4.78 is 0. The molecule has 4 heteroatoms. The molecule has 26 heavy (non-hydrogen) atoms. The highest BCUT2D eigenvalue weighted by atomic mass is 15.2. The number of guanidine groups is 1. The quantitative estimate of drug-likeness (QED) is 0.592. The van der Waals surface area contributed by atoms with Gasteiger partial charge in [0.2, 0.25) is 0 Å². The molecule has 0 aliphatic heterocycles. The minimum Gasteiger partial charge on any atom is -0.357 e. The number of hydrogen-bond acceptors (Lipinski definition) is 2. The zero-order chi connectivity index (χ0) is 18.2. The zero-order valence-corrected chi connectivity index (χ0v) is 16.0. The highest BCUT2D eigenvalue weighted by Crippen LogP contribution is 2.43. The molecule has 0 spiro atoms. The van der Waals surface area contributed by atoms with Crippen molar-refractivity contribution in [3.05, 3.63) is 65.5 Å². The van der Waals surface area contributed by atoms with Crippen LogP contribution in [0.15, 0.2) is 53.7 Å². The number of rotatable bonds is 7. The van der Waals surface area contributed by atoms with Gasteiger partial charge in [0.15, 0.2) is 5.96 Å². The van der Waals surface area contributed by atoms with Gasteiger partial charge in [-0.2, -0.15) is 0 Å². The predicted molar refractivity (Wildman–Crippen MR) is 109 cm³/mol. The third kappa shape index (κ3) is 4.63. The Bertz CT molecular complexity index is 703. The van der Waals surface area contributed by atoms with Gasteiger partial charge in [0.1, 0.15) is 0 Å². The van der Waals surface area contributed by atoms with Crippen molar-refractivity contribution in [2.24, 2.45) is 4.99 Å². The normalized spacial score (nSPS) is 16.0. The van der Waals surface area contributed by atoms with Crippen molar-refractivity contribution in [1.82, 2.24) is 15.6 Å². The van der Waals surface area contributed by atoms with Crippen LogP contribution in [0.5, 0.6) is 0 Å². The van der Waals surface area contributed by atoms with Crippen molar-refractivity contribution in [2.45, 2.75) is 44.9 Å². The Labute approximate surface area is 157 Å². The van der Waals surface area contributed by atoms with E-state index in [1.807, 2.05) is 13.1 Å². The van der Waals surface area contributed by atoms with E-state index in [9.17, 15) is 0 Å². The molecule has 0 amide bonds. The Kier molecular flexibility index (Phi) is 6.26. The smallest absolute Gasteiger partial charge is 0.191 e. The van der Waals surface area contributed by atoms with E-state index in [0.717, 1.165) is 37.7 Å². The summed E-state index contributed by atoms with van der Waals surface area (Å²) in [5, 5.41) is 6.84. The lowest BCUT2D eigenvalue weighted by atomic mass is 9.64. The van der Waals surface area contributed by atoms with E-state index < -0.39 is 0 Å². The summed E-state index contributed by atoms with van der Waals surface area (Å²) in [5.41, 5.74) is 3.96. The van der Waals surface area contributed by atoms with Crippen molar-refractivity contribution in [3.63, 3.8) is 0 Å². The standard InChI is InChI=1S/C22H30N4/c1-3-23-21(24-15-12-19-11-10-18(2)25-16-19)26-17-22(13-7-14-22)20-8-5-4-6-9-20/h4-6,8-11,16H,3,7,12-15,17H2,1-2H3,(H2,23,24,26). The van der Waals surface area contributed by atoms with Crippen LogP contribution in [0.4, 0.5) is 0 Å². The van der Waals surface area contributed by atoms with Gasteiger partial charge in [-0.15, -0.1) is 0 Å². The van der Waals surface area contributed by atoms with Crippen molar-refractivity contribution >= 4 is 5.96 Å². The first-order valence-electron chi connectivity index (χ1n) is 9.71. The van der Waals surface area contributed by atoms with Crippen LogP contribution in [0.1, 0.15) is 43.0 Å². The average molecular weight is 351 g/mol. The zero-order valence-electron chi connectivity index (χ0n) is 16.0. The van der Waals surface area contributed by atoms with Gasteiger partial charge in [-0.1, -0.05) is 42.8 Å². The lowest BCUT2D eigenvalue weighted by Crippen LogP contribution is -2.42. The highest BCUT2D eigenvalue weighted by Gasteiger charge is 2.38. The first-order chi connectivity index (χ1) is 12.7. The molecule has 1 aliphatic rings. The SMILES string of the molecule is CCNC(=NCC1(c2ccccc2)CCC1)NCCc1ccc(C)nc1. The number of pyridine rings is 1. The van der Waals surface area contributed by atoms with Gasteiger partial charge < -0.3 is 10.6 Å². The van der Waals surface area contributed by atoms with Crippen LogP contribution in [0.3, 0.4) is 0 Å². The van der Waals surface area contributed by atoms with Crippen LogP contribution < -0.4 is 10.6 Å². The summed E-state index contributed by atoms with van der Waals surface area (Å²) in [4.78, 5) is 9.27. The molecule has 2 N–H and O–H groups in total. The number of benzene rings is 1. The number of aliphatic imine (C=N–C) groups is 1. The van der Waals surface area contributed by atoms with Gasteiger partial charge in [-0.25, -0.2) is 0 Å². The van der Waals surface area contributed by atoms with Gasteiger partial charge in [-0.3, -0.25) is 9.98 Å². The molecular weight excluding hydrogens is 320 g/mol. The number of hydrogen-bond donors (Lipinski definition) is 2. The van der Waals surface area contributed by atoms with Crippen molar-refractivity contribution < 1.29 is 0 Å². The second-order valence-corrected chi connectivity index (χ2v) is 7.18. The van der Waals surface area contributed by atoms with Crippen molar-refractivity contribution in [3.8, 4) is 0 Å². The molecule has 0 radical (unpaired) electrons. The highest BCUT2D eigenvalue weighted by molar-refractivity contribution is 5.79. The fourth-order valence-corrected chi connectivity index (χ4v) is 3.48. The Morgan fingerprint density at radius 3 is 2.54 bits per heavy atom. The molecule has 1 fully saturated rings. The van der Waals surface area contributed by atoms with E-state index in [-0.39, 0.29) is 5.41 Å².